The second-order valence-corrected chi connectivity index (χ2v) is 7.45. The Morgan fingerprint density at radius 2 is 2.15 bits per heavy atom. The number of thiazole rings is 1. The molecule has 0 spiro atoms. The number of aromatic nitrogens is 1. The minimum Gasteiger partial charge on any atom is -0.486 e. The molecular weight excluding hydrogens is 367 g/mol. The van der Waals surface area contributed by atoms with Gasteiger partial charge in [-0.2, -0.15) is 13.2 Å². The van der Waals surface area contributed by atoms with Gasteiger partial charge in [0.05, 0.1) is 23.7 Å². The summed E-state index contributed by atoms with van der Waals surface area (Å²) in [5.74, 6) is -0.242. The normalized spacial score (nSPS) is 23.4. The highest BCUT2D eigenvalue weighted by atomic mass is 32.1. The van der Waals surface area contributed by atoms with Crippen molar-refractivity contribution in [2.75, 3.05) is 20.1 Å². The fraction of sp³-hybridized carbons (Fsp3) is 0.412. The Labute approximate surface area is 152 Å². The monoisotopic (exact) mass is 383 g/mol. The summed E-state index contributed by atoms with van der Waals surface area (Å²) in [4.78, 5) is 20.6. The summed E-state index contributed by atoms with van der Waals surface area (Å²) in [7, 11) is 1.62. The largest absolute Gasteiger partial charge is 0.486 e. The fourth-order valence-corrected chi connectivity index (χ4v) is 4.11. The van der Waals surface area contributed by atoms with Crippen molar-refractivity contribution in [3.63, 3.8) is 0 Å². The number of alkyl halides is 3. The van der Waals surface area contributed by atoms with Gasteiger partial charge < -0.3 is 9.64 Å². The third-order valence-electron chi connectivity index (χ3n) is 4.79. The van der Waals surface area contributed by atoms with E-state index in [1.807, 2.05) is 5.38 Å². The van der Waals surface area contributed by atoms with E-state index in [1.165, 1.54) is 11.0 Å². The number of likely N-dealkylation sites (N-methyl/N-ethyl adjacent to an activating group) is 1. The molecule has 2 aliphatic heterocycles. The van der Waals surface area contributed by atoms with E-state index in [1.54, 1.807) is 24.6 Å². The van der Waals surface area contributed by atoms with Gasteiger partial charge in [0.15, 0.2) is 0 Å². The number of halogens is 3. The van der Waals surface area contributed by atoms with Crippen molar-refractivity contribution in [1.82, 2.24) is 14.8 Å². The topological polar surface area (TPSA) is 45.7 Å². The molecule has 26 heavy (non-hydrogen) atoms. The maximum absolute atomic E-state index is 13.0. The molecule has 1 fully saturated rings. The van der Waals surface area contributed by atoms with Crippen LogP contribution in [0.15, 0.2) is 29.8 Å². The number of hydrogen-bond acceptors (Lipinski definition) is 5. The van der Waals surface area contributed by atoms with Gasteiger partial charge >= 0.3 is 6.18 Å². The molecule has 2 aromatic rings. The van der Waals surface area contributed by atoms with Gasteiger partial charge in [0.1, 0.15) is 16.9 Å². The zero-order chi connectivity index (χ0) is 18.5. The molecule has 1 aromatic carbocycles. The third kappa shape index (κ3) is 3.05. The number of carbonyl (C=O) groups is 1. The van der Waals surface area contributed by atoms with Crippen molar-refractivity contribution < 1.29 is 22.7 Å². The molecule has 1 amide bonds. The summed E-state index contributed by atoms with van der Waals surface area (Å²) < 4.78 is 44.9. The van der Waals surface area contributed by atoms with E-state index in [2.05, 4.69) is 9.88 Å². The van der Waals surface area contributed by atoms with Crippen LogP contribution in [0.1, 0.15) is 20.9 Å². The SMILES string of the molecule is CN1C(=O)c2cc(C(F)(F)F)ccc2O[C@H]2CN(Cc3nccs3)C[C@H]21. The number of benzene rings is 1. The van der Waals surface area contributed by atoms with E-state index >= 15 is 0 Å². The van der Waals surface area contributed by atoms with Crippen LogP contribution in [0.2, 0.25) is 0 Å². The second kappa shape index (κ2) is 6.24. The molecule has 0 unspecified atom stereocenters. The molecule has 1 saturated heterocycles. The molecule has 3 heterocycles. The first kappa shape index (κ1) is 17.3. The summed E-state index contributed by atoms with van der Waals surface area (Å²) in [6.07, 6.45) is -3.04. The first-order valence-corrected chi connectivity index (χ1v) is 8.96. The van der Waals surface area contributed by atoms with Crippen molar-refractivity contribution in [3.8, 4) is 5.75 Å². The van der Waals surface area contributed by atoms with Gasteiger partial charge in [0.2, 0.25) is 0 Å². The van der Waals surface area contributed by atoms with E-state index in [0.29, 0.717) is 19.6 Å². The van der Waals surface area contributed by atoms with Gasteiger partial charge in [0, 0.05) is 31.7 Å². The minimum absolute atomic E-state index is 0.0387. The Bertz CT molecular complexity index is 825. The third-order valence-corrected chi connectivity index (χ3v) is 5.55. The van der Waals surface area contributed by atoms with Gasteiger partial charge in [0.25, 0.3) is 5.91 Å². The molecule has 0 radical (unpaired) electrons. The van der Waals surface area contributed by atoms with Crippen molar-refractivity contribution in [2.24, 2.45) is 0 Å². The summed E-state index contributed by atoms with van der Waals surface area (Å²) in [5.41, 5.74) is -0.887. The quantitative estimate of drug-likeness (QED) is 0.800. The summed E-state index contributed by atoms with van der Waals surface area (Å²) in [6.45, 7) is 1.84. The van der Waals surface area contributed by atoms with Crippen LogP contribution < -0.4 is 4.74 Å². The zero-order valence-corrected chi connectivity index (χ0v) is 14.7. The molecule has 2 atom stereocenters. The summed E-state index contributed by atoms with van der Waals surface area (Å²) >= 11 is 1.56. The molecule has 0 aliphatic carbocycles. The number of amides is 1. The van der Waals surface area contributed by atoms with Gasteiger partial charge in [-0.25, -0.2) is 4.98 Å². The van der Waals surface area contributed by atoms with Crippen LogP contribution in [0.4, 0.5) is 13.2 Å². The standard InChI is InChI=1S/C17H16F3N3O2S/c1-22-12-7-23(9-15-21-4-5-26-15)8-14(12)25-13-3-2-10(17(18,19)20)6-11(13)16(22)24/h2-6,12,14H,7-9H2,1H3/t12-,14+/m1/s1. The molecule has 2 aliphatic rings. The maximum atomic E-state index is 13.0. The lowest BCUT2D eigenvalue weighted by Gasteiger charge is -2.25. The number of nitrogens with zero attached hydrogens (tertiary/aromatic N) is 3. The highest BCUT2D eigenvalue weighted by Crippen LogP contribution is 2.36. The zero-order valence-electron chi connectivity index (χ0n) is 13.9. The van der Waals surface area contributed by atoms with Gasteiger partial charge in [-0.1, -0.05) is 0 Å². The van der Waals surface area contributed by atoms with Crippen LogP contribution >= 0.6 is 11.3 Å². The number of ether oxygens (including phenoxy) is 1. The Morgan fingerprint density at radius 3 is 2.85 bits per heavy atom. The highest BCUT2D eigenvalue weighted by molar-refractivity contribution is 7.09. The van der Waals surface area contributed by atoms with Crippen LogP contribution in [0, 0.1) is 0 Å². The van der Waals surface area contributed by atoms with Crippen molar-refractivity contribution in [2.45, 2.75) is 24.9 Å². The molecule has 4 rings (SSSR count). The van der Waals surface area contributed by atoms with E-state index in [0.717, 1.165) is 17.1 Å². The number of hydrogen-bond donors (Lipinski definition) is 0. The van der Waals surface area contributed by atoms with Crippen LogP contribution in [0.5, 0.6) is 5.75 Å². The molecule has 0 N–H and O–H groups in total. The predicted octanol–water partition coefficient (Wildman–Crippen LogP) is 2.88. The second-order valence-electron chi connectivity index (χ2n) is 6.47. The van der Waals surface area contributed by atoms with Crippen LogP contribution in [-0.4, -0.2) is 53.0 Å². The molecule has 0 bridgehead atoms. The molecular formula is C17H16F3N3O2S. The molecule has 138 valence electrons. The van der Waals surface area contributed by atoms with E-state index < -0.39 is 17.6 Å². The number of fused-ring (bicyclic) bond motifs is 2. The van der Waals surface area contributed by atoms with Crippen LogP contribution in [0.25, 0.3) is 0 Å². The summed E-state index contributed by atoms with van der Waals surface area (Å²) in [6, 6.07) is 2.86. The first-order valence-electron chi connectivity index (χ1n) is 8.08. The maximum Gasteiger partial charge on any atom is 0.416 e. The molecule has 1 aromatic heterocycles. The lowest BCUT2D eigenvalue weighted by atomic mass is 10.1. The van der Waals surface area contributed by atoms with Crippen LogP contribution in [-0.2, 0) is 12.7 Å². The Kier molecular flexibility index (Phi) is 4.15. The number of rotatable bonds is 2. The Morgan fingerprint density at radius 1 is 1.35 bits per heavy atom. The Hall–Kier alpha value is -2.13. The number of carbonyl (C=O) groups excluding carboxylic acids is 1. The number of likely N-dealkylation sites (tertiary alicyclic amines) is 1. The Balaban J connectivity index is 1.60. The smallest absolute Gasteiger partial charge is 0.416 e. The average molecular weight is 383 g/mol. The minimum atomic E-state index is -4.50. The first-order chi connectivity index (χ1) is 12.3. The van der Waals surface area contributed by atoms with E-state index in [-0.39, 0.29) is 23.5 Å². The molecule has 0 saturated carbocycles. The van der Waals surface area contributed by atoms with Crippen LogP contribution in [0.3, 0.4) is 0 Å². The van der Waals surface area contributed by atoms with Gasteiger partial charge in [-0.3, -0.25) is 9.69 Å². The highest BCUT2D eigenvalue weighted by Gasteiger charge is 2.43. The fourth-order valence-electron chi connectivity index (χ4n) is 3.45. The van der Waals surface area contributed by atoms with E-state index in [9.17, 15) is 18.0 Å². The average Bonchev–Trinajstić information content (AvgIpc) is 3.21. The van der Waals surface area contributed by atoms with Gasteiger partial charge in [-0.15, -0.1) is 11.3 Å². The summed E-state index contributed by atoms with van der Waals surface area (Å²) in [5, 5.41) is 2.88. The van der Waals surface area contributed by atoms with E-state index in [4.69, 9.17) is 4.74 Å². The molecule has 9 heteroatoms. The molecule has 5 nitrogen and oxygen atoms in total. The predicted molar refractivity (Wildman–Crippen MR) is 89.1 cm³/mol. The lowest BCUT2D eigenvalue weighted by molar-refractivity contribution is -0.137. The van der Waals surface area contributed by atoms with Crippen molar-refractivity contribution in [3.05, 3.63) is 45.9 Å². The van der Waals surface area contributed by atoms with Crippen molar-refractivity contribution >= 4 is 17.2 Å². The van der Waals surface area contributed by atoms with Gasteiger partial charge in [-0.05, 0) is 18.2 Å². The lowest BCUT2D eigenvalue weighted by Crippen LogP contribution is -2.44. The van der Waals surface area contributed by atoms with Crippen molar-refractivity contribution in [1.29, 1.82) is 0 Å².